The lowest BCUT2D eigenvalue weighted by molar-refractivity contribution is 0.556. The molecule has 0 amide bonds. The van der Waals surface area contributed by atoms with Crippen LogP contribution < -0.4 is 10.9 Å². The summed E-state index contributed by atoms with van der Waals surface area (Å²) in [5.74, 6) is 0.358. The van der Waals surface area contributed by atoms with Crippen molar-refractivity contribution in [2.75, 3.05) is 5.32 Å². The smallest absolute Gasteiger partial charge is 0.288 e. The number of nitrogens with one attached hydrogen (secondary N) is 2. The Morgan fingerprint density at radius 1 is 1.11 bits per heavy atom. The second-order valence-electron chi connectivity index (χ2n) is 5.93. The monoisotopic (exact) mass is 378 g/mol. The van der Waals surface area contributed by atoms with Gasteiger partial charge in [0.1, 0.15) is 11.7 Å². The Kier molecular flexibility index (Phi) is 3.47. The summed E-state index contributed by atoms with van der Waals surface area (Å²) in [6, 6.07) is 12.3. The van der Waals surface area contributed by atoms with Gasteiger partial charge in [-0.25, -0.2) is 5.10 Å². The van der Waals surface area contributed by atoms with Crippen molar-refractivity contribution in [1.82, 2.24) is 35.4 Å². The highest BCUT2D eigenvalue weighted by atomic mass is 35.5. The number of benzene rings is 1. The number of tetrazole rings is 1. The summed E-state index contributed by atoms with van der Waals surface area (Å²) in [5, 5.41) is 22.2. The van der Waals surface area contributed by atoms with E-state index in [1.807, 2.05) is 30.3 Å². The van der Waals surface area contributed by atoms with Crippen LogP contribution in [0.3, 0.4) is 0 Å². The average Bonchev–Trinajstić information content (AvgIpc) is 3.17. The van der Waals surface area contributed by atoms with E-state index in [0.29, 0.717) is 33.6 Å². The van der Waals surface area contributed by atoms with Gasteiger partial charge in [0.2, 0.25) is 5.95 Å². The molecule has 1 atom stereocenters. The molecule has 2 N–H and O–H groups in total. The van der Waals surface area contributed by atoms with Crippen LogP contribution in [0.2, 0.25) is 5.02 Å². The third-order valence-corrected chi connectivity index (χ3v) is 4.61. The molecule has 0 fully saturated rings. The van der Waals surface area contributed by atoms with Gasteiger partial charge in [0.25, 0.3) is 5.56 Å². The lowest BCUT2D eigenvalue weighted by Crippen LogP contribution is -2.29. The predicted octanol–water partition coefficient (Wildman–Crippen LogP) is 2.17. The van der Waals surface area contributed by atoms with Gasteiger partial charge in [0.05, 0.1) is 11.4 Å². The van der Waals surface area contributed by atoms with Crippen molar-refractivity contribution in [1.29, 1.82) is 0 Å². The van der Waals surface area contributed by atoms with E-state index in [-0.39, 0.29) is 5.56 Å². The molecule has 0 spiro atoms. The lowest BCUT2D eigenvalue weighted by Gasteiger charge is -2.27. The van der Waals surface area contributed by atoms with E-state index in [9.17, 15) is 4.79 Å². The summed E-state index contributed by atoms with van der Waals surface area (Å²) >= 11 is 6.01. The molecular weight excluding hydrogens is 368 g/mol. The highest BCUT2D eigenvalue weighted by Crippen LogP contribution is 2.40. The van der Waals surface area contributed by atoms with Crippen LogP contribution >= 0.6 is 11.6 Å². The number of hydrogen-bond acceptors (Lipinski definition) is 7. The number of nitrogens with zero attached hydrogens (tertiary/aromatic N) is 6. The first-order valence-electron chi connectivity index (χ1n) is 8.06. The van der Waals surface area contributed by atoms with Crippen LogP contribution in [0.25, 0.3) is 11.3 Å². The fraction of sp³-hybridized carbons (Fsp3) is 0.0588. The molecule has 132 valence electrons. The van der Waals surface area contributed by atoms with Gasteiger partial charge < -0.3 is 5.32 Å². The van der Waals surface area contributed by atoms with Gasteiger partial charge in [-0.15, -0.1) is 0 Å². The Morgan fingerprint density at radius 2 is 1.96 bits per heavy atom. The lowest BCUT2D eigenvalue weighted by atomic mass is 9.95. The zero-order valence-electron chi connectivity index (χ0n) is 13.7. The molecular formula is C17H11ClN8O. The molecule has 5 rings (SSSR count). The van der Waals surface area contributed by atoms with Crippen LogP contribution in [-0.2, 0) is 0 Å². The van der Waals surface area contributed by atoms with E-state index in [1.54, 1.807) is 23.0 Å². The van der Waals surface area contributed by atoms with E-state index in [4.69, 9.17) is 11.6 Å². The predicted molar refractivity (Wildman–Crippen MR) is 97.9 cm³/mol. The molecule has 1 aliphatic heterocycles. The molecule has 1 aromatic carbocycles. The molecule has 9 nitrogen and oxygen atoms in total. The van der Waals surface area contributed by atoms with Gasteiger partial charge in [-0.1, -0.05) is 34.9 Å². The number of anilines is 2. The van der Waals surface area contributed by atoms with E-state index < -0.39 is 6.04 Å². The Balaban J connectivity index is 1.82. The van der Waals surface area contributed by atoms with Crippen molar-refractivity contribution in [2.45, 2.75) is 6.04 Å². The first kappa shape index (κ1) is 15.6. The Bertz CT molecular complexity index is 1190. The summed E-state index contributed by atoms with van der Waals surface area (Å²) in [6.07, 6.45) is 1.68. The van der Waals surface area contributed by atoms with Crippen LogP contribution in [0.5, 0.6) is 0 Å². The van der Waals surface area contributed by atoms with Crippen LogP contribution in [0, 0.1) is 0 Å². The van der Waals surface area contributed by atoms with Gasteiger partial charge in [-0.2, -0.15) is 9.78 Å². The maximum Gasteiger partial charge on any atom is 0.288 e. The van der Waals surface area contributed by atoms with E-state index in [2.05, 4.69) is 36.0 Å². The zero-order valence-corrected chi connectivity index (χ0v) is 14.4. The summed E-state index contributed by atoms with van der Waals surface area (Å²) < 4.78 is 1.59. The minimum absolute atomic E-state index is 0.341. The average molecular weight is 379 g/mol. The number of fused-ring (bicyclic) bond motifs is 2. The largest absolute Gasteiger partial charge is 0.318 e. The number of rotatable bonds is 2. The molecule has 0 radical (unpaired) electrons. The topological polar surface area (TPSA) is 114 Å². The van der Waals surface area contributed by atoms with Gasteiger partial charge in [-0.3, -0.25) is 9.78 Å². The molecule has 0 aliphatic carbocycles. The maximum atomic E-state index is 12.5. The second-order valence-corrected chi connectivity index (χ2v) is 6.36. The number of H-pyrrole nitrogens is 1. The summed E-state index contributed by atoms with van der Waals surface area (Å²) in [5.41, 5.74) is 2.69. The van der Waals surface area contributed by atoms with Crippen molar-refractivity contribution in [2.24, 2.45) is 0 Å². The first-order valence-corrected chi connectivity index (χ1v) is 8.44. The number of hydrogen-bond donors (Lipinski definition) is 2. The number of pyridine rings is 1. The van der Waals surface area contributed by atoms with Crippen LogP contribution in [-0.4, -0.2) is 35.4 Å². The second kappa shape index (κ2) is 5.99. The van der Waals surface area contributed by atoms with Gasteiger partial charge in [-0.05, 0) is 34.7 Å². The van der Waals surface area contributed by atoms with Crippen molar-refractivity contribution in [3.05, 3.63) is 75.3 Å². The molecule has 1 aliphatic rings. The molecule has 0 bridgehead atoms. The van der Waals surface area contributed by atoms with E-state index in [1.165, 1.54) is 0 Å². The third-order valence-electron chi connectivity index (χ3n) is 4.35. The standard InChI is InChI=1S/C17H11ClN8O/c18-10-6-4-9(5-7-10)13-12-14(16(27)22-21-13)20-17-23-24-25-26(17)15(12)11-3-1-2-8-19-11/h1-8,15H,(H,22,27)(H,20,23,25)/t15-/m0/s1. The van der Waals surface area contributed by atoms with Crippen molar-refractivity contribution in [3.63, 3.8) is 0 Å². The van der Waals surface area contributed by atoms with Crippen molar-refractivity contribution < 1.29 is 0 Å². The number of halogens is 1. The molecule has 3 aromatic heterocycles. The van der Waals surface area contributed by atoms with E-state index in [0.717, 1.165) is 5.56 Å². The fourth-order valence-electron chi connectivity index (χ4n) is 3.18. The number of aromatic nitrogens is 7. The zero-order chi connectivity index (χ0) is 18.4. The summed E-state index contributed by atoms with van der Waals surface area (Å²) in [4.78, 5) is 17.0. The third kappa shape index (κ3) is 2.48. The highest BCUT2D eigenvalue weighted by Gasteiger charge is 2.34. The molecule has 27 heavy (non-hydrogen) atoms. The molecule has 0 saturated carbocycles. The van der Waals surface area contributed by atoms with Gasteiger partial charge in [0, 0.05) is 22.3 Å². The fourth-order valence-corrected chi connectivity index (χ4v) is 3.30. The van der Waals surface area contributed by atoms with Gasteiger partial charge in [0.15, 0.2) is 0 Å². The highest BCUT2D eigenvalue weighted by molar-refractivity contribution is 6.30. The molecule has 4 aromatic rings. The van der Waals surface area contributed by atoms with Gasteiger partial charge >= 0.3 is 0 Å². The summed E-state index contributed by atoms with van der Waals surface area (Å²) in [7, 11) is 0. The minimum Gasteiger partial charge on any atom is -0.318 e. The quantitative estimate of drug-likeness (QED) is 0.483. The normalized spacial score (nSPS) is 14.9. The van der Waals surface area contributed by atoms with Crippen LogP contribution in [0.15, 0.2) is 53.5 Å². The number of aromatic amines is 1. The van der Waals surface area contributed by atoms with Crippen LogP contribution in [0.1, 0.15) is 17.3 Å². The Labute approximate surface area is 157 Å². The van der Waals surface area contributed by atoms with Crippen LogP contribution in [0.4, 0.5) is 11.6 Å². The minimum atomic E-state index is -0.507. The SMILES string of the molecule is O=c1[nH]nc(-c2ccc(Cl)cc2)c2c1Nc1nnnn1[C@H]2c1ccccn1. The first-order chi connectivity index (χ1) is 13.2. The van der Waals surface area contributed by atoms with E-state index >= 15 is 0 Å². The summed E-state index contributed by atoms with van der Waals surface area (Å²) in [6.45, 7) is 0. The molecule has 0 unspecified atom stereocenters. The molecule has 10 heteroatoms. The maximum absolute atomic E-state index is 12.5. The Morgan fingerprint density at radius 3 is 2.74 bits per heavy atom. The molecule has 4 heterocycles. The molecule has 0 saturated heterocycles. The van der Waals surface area contributed by atoms with Crippen molar-refractivity contribution >= 4 is 23.2 Å². The Hall–Kier alpha value is -3.59. The van der Waals surface area contributed by atoms with Crippen molar-refractivity contribution in [3.8, 4) is 11.3 Å².